The molecule has 0 radical (unpaired) electrons. The summed E-state index contributed by atoms with van der Waals surface area (Å²) in [5, 5.41) is 5.65. The summed E-state index contributed by atoms with van der Waals surface area (Å²) in [5.74, 6) is -5.09. The van der Waals surface area contributed by atoms with Crippen molar-refractivity contribution in [1.29, 1.82) is 0 Å². The number of fused-ring (bicyclic) bond motifs is 3. The number of anilines is 1. The van der Waals surface area contributed by atoms with Crippen molar-refractivity contribution in [2.24, 2.45) is 11.8 Å². The van der Waals surface area contributed by atoms with E-state index in [4.69, 9.17) is 9.15 Å². The van der Waals surface area contributed by atoms with Gasteiger partial charge in [-0.15, -0.1) is 6.58 Å². The first-order valence-electron chi connectivity index (χ1n) is 21.1. The van der Waals surface area contributed by atoms with Gasteiger partial charge in [0.1, 0.15) is 46.5 Å². The fourth-order valence-electron chi connectivity index (χ4n) is 8.98. The van der Waals surface area contributed by atoms with E-state index in [0.29, 0.717) is 42.7 Å². The maximum Gasteiger partial charge on any atom is 0.416 e. The number of para-hydroxylation sites is 1. The number of benzene rings is 3. The zero-order valence-electron chi connectivity index (χ0n) is 34.2. The first-order valence-corrected chi connectivity index (χ1v) is 22.6. The smallest absolute Gasteiger partial charge is 0.416 e. The Bertz CT molecular complexity index is 2760. The largest absolute Gasteiger partial charge is 0.470 e. The molecule has 3 heterocycles. The minimum atomic E-state index is -4.59. The molecule has 9 rings (SSSR count). The molecule has 3 aromatic carbocycles. The Hall–Kier alpha value is -6.11. The van der Waals surface area contributed by atoms with Gasteiger partial charge >= 0.3 is 6.18 Å². The second kappa shape index (κ2) is 16.5. The van der Waals surface area contributed by atoms with Gasteiger partial charge < -0.3 is 24.7 Å². The van der Waals surface area contributed by atoms with Crippen LogP contribution in [0.25, 0.3) is 33.5 Å². The molecule has 2 aromatic heterocycles. The number of rotatable bonds is 13. The van der Waals surface area contributed by atoms with Crippen LogP contribution in [0.2, 0.25) is 0 Å². The molecule has 3 aliphatic carbocycles. The van der Waals surface area contributed by atoms with Crippen molar-refractivity contribution in [2.45, 2.75) is 92.9 Å². The van der Waals surface area contributed by atoms with Crippen molar-refractivity contribution in [1.82, 2.24) is 24.9 Å². The van der Waals surface area contributed by atoms with Crippen molar-refractivity contribution in [3.05, 3.63) is 96.6 Å². The monoisotopic (exact) mass is 906 g/mol. The van der Waals surface area contributed by atoms with Crippen LogP contribution in [0.15, 0.2) is 83.8 Å². The highest BCUT2D eigenvalue weighted by atomic mass is 32.2. The lowest BCUT2D eigenvalue weighted by molar-refractivity contribution is -0.141. The molecule has 5 atom stereocenters. The predicted octanol–water partition coefficient (Wildman–Crippen LogP) is 7.42. The van der Waals surface area contributed by atoms with Gasteiger partial charge in [-0.3, -0.25) is 19.1 Å². The third-order valence-electron chi connectivity index (χ3n) is 12.6. The number of alkyl halides is 3. The van der Waals surface area contributed by atoms with Crippen LogP contribution in [0, 0.1) is 23.5 Å². The molecule has 4 fully saturated rings. The molecule has 1 saturated heterocycles. The molecule has 64 heavy (non-hydrogen) atoms. The summed E-state index contributed by atoms with van der Waals surface area (Å²) in [6.45, 7) is 3.53. The standard InChI is InChI=1S/C45H43F5N6O7S/c1-2-26-22-44(26,43(59)55-64(60,61)32-16-17-32)54-40(57)34-21-31(23-56(34)42(58)36(24-8-4-3-5-9-24)51-30-19-28(46)18-29(47)20-30)62-41-38-37(33-10-6-7-11-35(33)63-38)52-39(53-41)25-12-14-27(15-13-25)45(48,49)50/h2,6-7,10-15,18-20,24,26,31-32,34,36,51H,1,3-5,8-9,16-17,21-23H2,(H,54,57)(H,55,59)/t26-,31-,34+,36+,44-/m1/s1. The molecule has 3 saturated carbocycles. The van der Waals surface area contributed by atoms with Crippen molar-refractivity contribution in [3.63, 3.8) is 0 Å². The number of likely N-dealkylation sites (tertiary alicyclic amines) is 1. The molecule has 3 amide bonds. The van der Waals surface area contributed by atoms with E-state index >= 15 is 4.79 Å². The highest BCUT2D eigenvalue weighted by Gasteiger charge is 2.62. The third kappa shape index (κ3) is 8.48. The van der Waals surface area contributed by atoms with E-state index in [-0.39, 0.29) is 59.4 Å². The van der Waals surface area contributed by atoms with Crippen molar-refractivity contribution in [2.75, 3.05) is 11.9 Å². The van der Waals surface area contributed by atoms with Crippen molar-refractivity contribution < 1.29 is 53.9 Å². The number of sulfonamides is 1. The van der Waals surface area contributed by atoms with Gasteiger partial charge in [0.05, 0.1) is 17.4 Å². The van der Waals surface area contributed by atoms with Crippen molar-refractivity contribution >= 4 is 55.5 Å². The van der Waals surface area contributed by atoms with Crippen LogP contribution in [0.4, 0.5) is 27.6 Å². The quantitative estimate of drug-likeness (QED) is 0.0798. The van der Waals surface area contributed by atoms with E-state index in [1.807, 2.05) is 0 Å². The van der Waals surface area contributed by atoms with E-state index in [2.05, 4.69) is 31.9 Å². The summed E-state index contributed by atoms with van der Waals surface area (Å²) < 4.78 is 110. The number of hydrogen-bond donors (Lipinski definition) is 3. The normalized spacial score (nSPS) is 23.1. The van der Waals surface area contributed by atoms with Crippen LogP contribution < -0.4 is 20.1 Å². The van der Waals surface area contributed by atoms with Gasteiger partial charge in [-0.1, -0.05) is 49.6 Å². The molecule has 0 unspecified atom stereocenters. The number of aromatic nitrogens is 2. The lowest BCUT2D eigenvalue weighted by Crippen LogP contribution is -2.58. The van der Waals surface area contributed by atoms with Gasteiger partial charge in [-0.25, -0.2) is 22.2 Å². The highest BCUT2D eigenvalue weighted by Crippen LogP contribution is 2.46. The number of halogens is 5. The van der Waals surface area contributed by atoms with Crippen LogP contribution in [0.5, 0.6) is 5.88 Å². The molecule has 19 heteroatoms. The van der Waals surface area contributed by atoms with E-state index < -0.39 is 86.0 Å². The maximum atomic E-state index is 15.0. The molecule has 336 valence electrons. The average Bonchev–Trinajstić information content (AvgIpc) is 4.17. The molecule has 5 aromatic rings. The predicted molar refractivity (Wildman–Crippen MR) is 224 cm³/mol. The van der Waals surface area contributed by atoms with Crippen LogP contribution in [0.1, 0.15) is 63.4 Å². The van der Waals surface area contributed by atoms with Gasteiger partial charge in [0, 0.05) is 35.0 Å². The average molecular weight is 907 g/mol. The van der Waals surface area contributed by atoms with Gasteiger partial charge in [-0.05, 0) is 74.4 Å². The minimum Gasteiger partial charge on any atom is -0.470 e. The molecule has 13 nitrogen and oxygen atoms in total. The van der Waals surface area contributed by atoms with Gasteiger partial charge in [-0.2, -0.15) is 18.2 Å². The summed E-state index contributed by atoms with van der Waals surface area (Å²) in [5.41, 5.74) is -1.52. The first-order chi connectivity index (χ1) is 30.5. The van der Waals surface area contributed by atoms with Crippen molar-refractivity contribution in [3.8, 4) is 17.3 Å². The number of carbonyl (C=O) groups excluding carboxylic acids is 3. The minimum absolute atomic E-state index is 0.00481. The van der Waals surface area contributed by atoms with Crippen LogP contribution in [0.3, 0.4) is 0 Å². The van der Waals surface area contributed by atoms with Crippen LogP contribution in [-0.4, -0.2) is 76.5 Å². The number of hydrogen-bond acceptors (Lipinski definition) is 10. The first kappa shape index (κ1) is 43.2. The molecule has 3 N–H and O–H groups in total. The third-order valence-corrected chi connectivity index (χ3v) is 14.4. The zero-order valence-corrected chi connectivity index (χ0v) is 35.0. The Morgan fingerprint density at radius 2 is 1.66 bits per heavy atom. The number of nitrogens with one attached hydrogen (secondary N) is 3. The van der Waals surface area contributed by atoms with Crippen LogP contribution >= 0.6 is 0 Å². The van der Waals surface area contributed by atoms with E-state index in [9.17, 15) is 40.0 Å². The Kier molecular flexibility index (Phi) is 11.1. The number of carbonyl (C=O) groups is 3. The fraction of sp³-hybridized carbons (Fsp3) is 0.400. The maximum absolute atomic E-state index is 15.0. The molecular formula is C45H43F5N6O7S. The zero-order chi connectivity index (χ0) is 45.1. The van der Waals surface area contributed by atoms with E-state index in [0.717, 1.165) is 43.5 Å². The van der Waals surface area contributed by atoms with Gasteiger partial charge in [0.25, 0.3) is 11.8 Å². The fourth-order valence-corrected chi connectivity index (χ4v) is 10.3. The Labute approximate surface area is 363 Å². The molecule has 4 aliphatic rings. The lowest BCUT2D eigenvalue weighted by Gasteiger charge is -2.35. The molecular weight excluding hydrogens is 864 g/mol. The Morgan fingerprint density at radius 1 is 0.953 bits per heavy atom. The number of nitrogens with zero attached hydrogens (tertiary/aromatic N) is 3. The number of ether oxygens (including phenoxy) is 1. The SMILES string of the molecule is C=C[C@@H]1C[C@]1(NC(=O)[C@@H]1C[C@@H](Oc2nc(-c3ccc(C(F)(F)F)cc3)nc3c2oc2ccccc23)CN1C(=O)[C@@H](Nc1cc(F)cc(F)c1)C1CCCCC1)C(=O)NS(=O)(=O)C1CC1. The van der Waals surface area contributed by atoms with E-state index in [1.165, 1.54) is 23.1 Å². The lowest BCUT2D eigenvalue weighted by atomic mass is 9.83. The summed E-state index contributed by atoms with van der Waals surface area (Å²) in [7, 11) is -4.01. The summed E-state index contributed by atoms with van der Waals surface area (Å²) in [6.07, 6.45) is 0.204. The number of amides is 3. The summed E-state index contributed by atoms with van der Waals surface area (Å²) in [4.78, 5) is 53.9. The summed E-state index contributed by atoms with van der Waals surface area (Å²) >= 11 is 0. The Morgan fingerprint density at radius 3 is 2.31 bits per heavy atom. The molecule has 0 spiro atoms. The molecule has 0 bridgehead atoms. The second-order valence-electron chi connectivity index (χ2n) is 17.0. The topological polar surface area (TPSA) is 173 Å². The van der Waals surface area contributed by atoms with Gasteiger partial charge in [0.2, 0.25) is 27.4 Å². The number of furan rings is 1. The highest BCUT2D eigenvalue weighted by molar-refractivity contribution is 7.91. The van der Waals surface area contributed by atoms with E-state index in [1.54, 1.807) is 24.3 Å². The summed E-state index contributed by atoms with van der Waals surface area (Å²) in [6, 6.07) is 11.6. The van der Waals surface area contributed by atoms with Crippen LogP contribution in [-0.2, 0) is 30.6 Å². The molecule has 1 aliphatic heterocycles. The Balaban J connectivity index is 1.08. The second-order valence-corrected chi connectivity index (χ2v) is 19.0. The van der Waals surface area contributed by atoms with Gasteiger partial charge in [0.15, 0.2) is 5.82 Å².